The van der Waals surface area contributed by atoms with Gasteiger partial charge in [-0.3, -0.25) is 0 Å². The average Bonchev–Trinajstić information content (AvgIpc) is 2.10. The van der Waals surface area contributed by atoms with Gasteiger partial charge >= 0.3 is 0 Å². The summed E-state index contributed by atoms with van der Waals surface area (Å²) in [6.07, 6.45) is 7.15. The quantitative estimate of drug-likeness (QED) is 0.603. The third-order valence-electron chi connectivity index (χ3n) is 4.81. The van der Waals surface area contributed by atoms with E-state index in [4.69, 9.17) is 0 Å². The van der Waals surface area contributed by atoms with E-state index in [0.717, 1.165) is 17.8 Å². The summed E-state index contributed by atoms with van der Waals surface area (Å²) in [5.41, 5.74) is 0.576. The second-order valence-electron chi connectivity index (χ2n) is 6.03. The smallest absolute Gasteiger partial charge is 0.0298 e. The first-order chi connectivity index (χ1) is 6.50. The summed E-state index contributed by atoms with van der Waals surface area (Å²) in [7, 11) is 0. The SMILES string of the molecule is CCCC(C)C1CCCC(C)C1(C)C. The molecule has 0 spiro atoms. The Morgan fingerprint density at radius 2 is 1.93 bits per heavy atom. The molecule has 1 aliphatic carbocycles. The maximum absolute atomic E-state index is 2.49. The van der Waals surface area contributed by atoms with Crippen molar-refractivity contribution in [1.29, 1.82) is 0 Å². The zero-order valence-electron chi connectivity index (χ0n) is 10.8. The van der Waals surface area contributed by atoms with Gasteiger partial charge in [0.2, 0.25) is 0 Å². The molecule has 84 valence electrons. The van der Waals surface area contributed by atoms with Crippen molar-refractivity contribution in [3.05, 3.63) is 0 Å². The topological polar surface area (TPSA) is 0 Å². The van der Waals surface area contributed by atoms with Crippen molar-refractivity contribution in [2.24, 2.45) is 23.2 Å². The molecule has 0 radical (unpaired) electrons. The minimum absolute atomic E-state index is 0.576. The third-order valence-corrected chi connectivity index (χ3v) is 4.81. The van der Waals surface area contributed by atoms with Crippen molar-refractivity contribution in [3.63, 3.8) is 0 Å². The summed E-state index contributed by atoms with van der Waals surface area (Å²) in [4.78, 5) is 0. The minimum Gasteiger partial charge on any atom is -0.0654 e. The van der Waals surface area contributed by atoms with E-state index >= 15 is 0 Å². The molecule has 1 fully saturated rings. The third kappa shape index (κ3) is 2.32. The molecule has 3 atom stereocenters. The number of hydrogen-bond acceptors (Lipinski definition) is 0. The summed E-state index contributed by atoms with van der Waals surface area (Å²) < 4.78 is 0. The van der Waals surface area contributed by atoms with Crippen LogP contribution in [0.2, 0.25) is 0 Å². The zero-order chi connectivity index (χ0) is 10.8. The summed E-state index contributed by atoms with van der Waals surface area (Å²) in [5, 5.41) is 0. The standard InChI is InChI=1S/C14H28/c1-6-8-11(2)13-10-7-9-12(3)14(13,4)5/h11-13H,6-10H2,1-5H3. The molecule has 0 saturated heterocycles. The van der Waals surface area contributed by atoms with Crippen LogP contribution in [0.4, 0.5) is 0 Å². The fourth-order valence-electron chi connectivity index (χ4n) is 3.43. The molecule has 3 unspecified atom stereocenters. The Morgan fingerprint density at radius 1 is 1.29 bits per heavy atom. The van der Waals surface area contributed by atoms with Crippen molar-refractivity contribution in [1.82, 2.24) is 0 Å². The van der Waals surface area contributed by atoms with Gasteiger partial charge < -0.3 is 0 Å². The van der Waals surface area contributed by atoms with Gasteiger partial charge in [0.15, 0.2) is 0 Å². The first kappa shape index (κ1) is 12.1. The van der Waals surface area contributed by atoms with Crippen LogP contribution in [0, 0.1) is 23.2 Å². The van der Waals surface area contributed by atoms with Gasteiger partial charge in [-0.05, 0) is 29.6 Å². The molecular weight excluding hydrogens is 168 g/mol. The fraction of sp³-hybridized carbons (Fsp3) is 1.00. The predicted octanol–water partition coefficient (Wildman–Crippen LogP) is 4.89. The van der Waals surface area contributed by atoms with E-state index in [2.05, 4.69) is 34.6 Å². The van der Waals surface area contributed by atoms with Crippen molar-refractivity contribution >= 4 is 0 Å². The monoisotopic (exact) mass is 196 g/mol. The molecule has 0 heteroatoms. The molecule has 0 bridgehead atoms. The minimum atomic E-state index is 0.576. The van der Waals surface area contributed by atoms with Crippen LogP contribution in [0.15, 0.2) is 0 Å². The Kier molecular flexibility index (Phi) is 4.04. The zero-order valence-corrected chi connectivity index (χ0v) is 10.8. The van der Waals surface area contributed by atoms with Gasteiger partial charge in [0, 0.05) is 0 Å². The second-order valence-corrected chi connectivity index (χ2v) is 6.03. The van der Waals surface area contributed by atoms with Crippen LogP contribution in [0.1, 0.15) is 66.7 Å². The number of rotatable bonds is 3. The highest BCUT2D eigenvalue weighted by Gasteiger charge is 2.39. The molecule has 0 aromatic heterocycles. The van der Waals surface area contributed by atoms with Gasteiger partial charge in [-0.15, -0.1) is 0 Å². The van der Waals surface area contributed by atoms with Crippen molar-refractivity contribution < 1.29 is 0 Å². The van der Waals surface area contributed by atoms with Crippen LogP contribution in [-0.2, 0) is 0 Å². The van der Waals surface area contributed by atoms with Crippen LogP contribution in [0.5, 0.6) is 0 Å². The second kappa shape index (κ2) is 4.68. The Hall–Kier alpha value is 0. The summed E-state index contributed by atoms with van der Waals surface area (Å²) >= 11 is 0. The summed E-state index contributed by atoms with van der Waals surface area (Å²) in [6, 6.07) is 0. The molecule has 0 nitrogen and oxygen atoms in total. The van der Waals surface area contributed by atoms with Gasteiger partial charge in [0.25, 0.3) is 0 Å². The highest BCUT2D eigenvalue weighted by Crippen LogP contribution is 2.48. The molecule has 0 N–H and O–H groups in total. The maximum atomic E-state index is 2.49. The normalized spacial score (nSPS) is 34.1. The van der Waals surface area contributed by atoms with E-state index in [-0.39, 0.29) is 0 Å². The van der Waals surface area contributed by atoms with Crippen LogP contribution < -0.4 is 0 Å². The number of hydrogen-bond donors (Lipinski definition) is 0. The Labute approximate surface area is 90.5 Å². The Bertz CT molecular complexity index is 169. The van der Waals surface area contributed by atoms with E-state index in [1.54, 1.807) is 0 Å². The van der Waals surface area contributed by atoms with Gasteiger partial charge in [-0.1, -0.05) is 60.3 Å². The van der Waals surface area contributed by atoms with Crippen LogP contribution >= 0.6 is 0 Å². The maximum Gasteiger partial charge on any atom is -0.0298 e. The molecule has 14 heavy (non-hydrogen) atoms. The molecule has 1 aliphatic rings. The average molecular weight is 196 g/mol. The van der Waals surface area contributed by atoms with Crippen LogP contribution in [0.25, 0.3) is 0 Å². The van der Waals surface area contributed by atoms with Gasteiger partial charge in [-0.25, -0.2) is 0 Å². The highest BCUT2D eigenvalue weighted by molar-refractivity contribution is 4.89. The molecule has 1 rings (SSSR count). The molecular formula is C14H28. The van der Waals surface area contributed by atoms with Crippen LogP contribution in [-0.4, -0.2) is 0 Å². The molecule has 0 heterocycles. The highest BCUT2D eigenvalue weighted by atomic mass is 14.4. The first-order valence-electron chi connectivity index (χ1n) is 6.50. The van der Waals surface area contributed by atoms with E-state index in [1.165, 1.54) is 32.1 Å². The molecule has 0 aromatic rings. The molecule has 0 amide bonds. The molecule has 0 aliphatic heterocycles. The van der Waals surface area contributed by atoms with E-state index in [1.807, 2.05) is 0 Å². The molecule has 1 saturated carbocycles. The van der Waals surface area contributed by atoms with E-state index < -0.39 is 0 Å². The summed E-state index contributed by atoms with van der Waals surface area (Å²) in [5.74, 6) is 2.81. The van der Waals surface area contributed by atoms with Crippen LogP contribution in [0.3, 0.4) is 0 Å². The summed E-state index contributed by atoms with van der Waals surface area (Å²) in [6.45, 7) is 12.2. The first-order valence-corrected chi connectivity index (χ1v) is 6.50. The van der Waals surface area contributed by atoms with Crippen molar-refractivity contribution in [2.45, 2.75) is 66.7 Å². The Morgan fingerprint density at radius 3 is 2.50 bits per heavy atom. The lowest BCUT2D eigenvalue weighted by Crippen LogP contribution is -2.38. The lowest BCUT2D eigenvalue weighted by molar-refractivity contribution is 0.0312. The van der Waals surface area contributed by atoms with E-state index in [9.17, 15) is 0 Å². The fourth-order valence-corrected chi connectivity index (χ4v) is 3.43. The van der Waals surface area contributed by atoms with E-state index in [0.29, 0.717) is 5.41 Å². The van der Waals surface area contributed by atoms with Gasteiger partial charge in [-0.2, -0.15) is 0 Å². The Balaban J connectivity index is 2.65. The van der Waals surface area contributed by atoms with Crippen molar-refractivity contribution in [3.8, 4) is 0 Å². The largest absolute Gasteiger partial charge is 0.0654 e. The predicted molar refractivity (Wildman–Crippen MR) is 64.4 cm³/mol. The van der Waals surface area contributed by atoms with Crippen molar-refractivity contribution in [2.75, 3.05) is 0 Å². The lowest BCUT2D eigenvalue weighted by atomic mass is 9.59. The van der Waals surface area contributed by atoms with Gasteiger partial charge in [0.1, 0.15) is 0 Å². The van der Waals surface area contributed by atoms with Gasteiger partial charge in [0.05, 0.1) is 0 Å². The molecule has 0 aromatic carbocycles. The lowest BCUT2D eigenvalue weighted by Gasteiger charge is -2.46.